The van der Waals surface area contributed by atoms with Gasteiger partial charge in [-0.2, -0.15) is 0 Å². The Bertz CT molecular complexity index is 643. The Morgan fingerprint density at radius 3 is 2.90 bits per heavy atom. The topological polar surface area (TPSA) is 64.0 Å². The maximum absolute atomic E-state index is 12.1. The van der Waals surface area contributed by atoms with Crippen molar-refractivity contribution in [2.45, 2.75) is 33.2 Å². The molecule has 0 fully saturated rings. The molecule has 2 aromatic heterocycles. The largest absolute Gasteiger partial charge is 0.354 e. The molecule has 0 saturated carbocycles. The van der Waals surface area contributed by atoms with E-state index in [-0.39, 0.29) is 18.0 Å². The normalized spacial score (nSPS) is 11.2. The smallest absolute Gasteiger partial charge is 0.262 e. The molecule has 5 nitrogen and oxygen atoms in total. The Morgan fingerprint density at radius 2 is 2.20 bits per heavy atom. The first kappa shape index (κ1) is 14.7. The molecule has 6 heteroatoms. The Hall–Kier alpha value is -1.69. The number of nitrogens with one attached hydrogen (secondary N) is 1. The molecule has 0 bridgehead atoms. The van der Waals surface area contributed by atoms with Crippen LogP contribution in [-0.4, -0.2) is 22.0 Å². The summed E-state index contributed by atoms with van der Waals surface area (Å²) in [5, 5.41) is 5.28. The highest BCUT2D eigenvalue weighted by molar-refractivity contribution is 7.16. The average Bonchev–Trinajstić information content (AvgIpc) is 2.92. The van der Waals surface area contributed by atoms with Crippen LogP contribution in [0.4, 0.5) is 0 Å². The van der Waals surface area contributed by atoms with Crippen molar-refractivity contribution < 1.29 is 4.79 Å². The molecule has 0 unspecified atom stereocenters. The van der Waals surface area contributed by atoms with Crippen LogP contribution in [0.5, 0.6) is 0 Å². The first-order chi connectivity index (χ1) is 9.65. The van der Waals surface area contributed by atoms with Gasteiger partial charge in [0.15, 0.2) is 0 Å². The third-order valence-corrected chi connectivity index (χ3v) is 4.33. The van der Waals surface area contributed by atoms with Gasteiger partial charge in [-0.05, 0) is 17.4 Å². The van der Waals surface area contributed by atoms with Crippen LogP contribution < -0.4 is 10.9 Å². The maximum atomic E-state index is 12.1. The number of hydrogen-bond acceptors (Lipinski definition) is 4. The lowest BCUT2D eigenvalue weighted by molar-refractivity contribution is -0.121. The summed E-state index contributed by atoms with van der Waals surface area (Å²) in [6.07, 6.45) is 3.52. The van der Waals surface area contributed by atoms with Crippen LogP contribution >= 0.6 is 11.3 Å². The molecule has 0 spiro atoms. The summed E-state index contributed by atoms with van der Waals surface area (Å²) >= 11 is 1.42. The van der Waals surface area contributed by atoms with Gasteiger partial charge in [0.1, 0.15) is 11.4 Å². The van der Waals surface area contributed by atoms with E-state index >= 15 is 0 Å². The molecule has 2 rings (SSSR count). The zero-order valence-corrected chi connectivity index (χ0v) is 12.6. The lowest BCUT2D eigenvalue weighted by Gasteiger charge is -2.13. The molecule has 2 heterocycles. The number of thiophene rings is 1. The lowest BCUT2D eigenvalue weighted by Crippen LogP contribution is -2.34. The van der Waals surface area contributed by atoms with Crippen molar-refractivity contribution in [3.05, 3.63) is 28.1 Å². The van der Waals surface area contributed by atoms with Gasteiger partial charge in [0, 0.05) is 6.54 Å². The summed E-state index contributed by atoms with van der Waals surface area (Å²) in [5.74, 6) is 0.350. The minimum Gasteiger partial charge on any atom is -0.354 e. The van der Waals surface area contributed by atoms with Gasteiger partial charge < -0.3 is 5.32 Å². The van der Waals surface area contributed by atoms with Crippen molar-refractivity contribution in [2.75, 3.05) is 6.54 Å². The molecule has 2 aromatic rings. The number of rotatable bonds is 6. The van der Waals surface area contributed by atoms with E-state index in [0.29, 0.717) is 22.7 Å². The zero-order chi connectivity index (χ0) is 14.5. The molecule has 1 N–H and O–H groups in total. The van der Waals surface area contributed by atoms with E-state index in [1.165, 1.54) is 22.2 Å². The Kier molecular flexibility index (Phi) is 4.89. The van der Waals surface area contributed by atoms with E-state index in [2.05, 4.69) is 24.1 Å². The van der Waals surface area contributed by atoms with E-state index < -0.39 is 0 Å². The summed E-state index contributed by atoms with van der Waals surface area (Å²) < 4.78 is 1.36. The highest BCUT2D eigenvalue weighted by Crippen LogP contribution is 2.13. The van der Waals surface area contributed by atoms with Crippen molar-refractivity contribution in [3.8, 4) is 0 Å². The third-order valence-electron chi connectivity index (χ3n) is 3.51. The van der Waals surface area contributed by atoms with Crippen molar-refractivity contribution in [1.82, 2.24) is 14.9 Å². The fraction of sp³-hybridized carbons (Fsp3) is 0.500. The molecular weight excluding hydrogens is 274 g/mol. The summed E-state index contributed by atoms with van der Waals surface area (Å²) in [6.45, 7) is 4.91. The molecule has 1 amide bonds. The number of amides is 1. The monoisotopic (exact) mass is 293 g/mol. The van der Waals surface area contributed by atoms with Crippen molar-refractivity contribution >= 4 is 27.5 Å². The minimum atomic E-state index is -0.158. The van der Waals surface area contributed by atoms with Crippen LogP contribution in [-0.2, 0) is 11.3 Å². The van der Waals surface area contributed by atoms with E-state index in [9.17, 15) is 9.59 Å². The molecule has 108 valence electrons. The summed E-state index contributed by atoms with van der Waals surface area (Å²) in [6, 6.07) is 1.74. The molecule has 0 atom stereocenters. The molecule has 20 heavy (non-hydrogen) atoms. The molecule has 0 aliphatic heterocycles. The van der Waals surface area contributed by atoms with E-state index in [1.54, 1.807) is 6.07 Å². The number of fused-ring (bicyclic) bond motifs is 1. The highest BCUT2D eigenvalue weighted by atomic mass is 32.1. The number of aromatic nitrogens is 2. The average molecular weight is 293 g/mol. The van der Waals surface area contributed by atoms with E-state index in [4.69, 9.17) is 0 Å². The summed E-state index contributed by atoms with van der Waals surface area (Å²) in [5.41, 5.74) is -0.158. The van der Waals surface area contributed by atoms with Crippen LogP contribution in [0.1, 0.15) is 26.7 Å². The zero-order valence-electron chi connectivity index (χ0n) is 11.8. The summed E-state index contributed by atoms with van der Waals surface area (Å²) in [7, 11) is 0. The molecule has 0 saturated heterocycles. The van der Waals surface area contributed by atoms with Crippen molar-refractivity contribution in [1.29, 1.82) is 0 Å². The van der Waals surface area contributed by atoms with Crippen LogP contribution in [0.25, 0.3) is 10.2 Å². The lowest BCUT2D eigenvalue weighted by atomic mass is 10.0. The second-order valence-corrected chi connectivity index (χ2v) is 5.70. The van der Waals surface area contributed by atoms with E-state index in [0.717, 1.165) is 12.8 Å². The SMILES string of the molecule is CCC(CC)CNC(=O)Cn1cnc2sccc2c1=O. The number of hydrogen-bond donors (Lipinski definition) is 1. The molecule has 0 aliphatic rings. The van der Waals surface area contributed by atoms with Crippen molar-refractivity contribution in [2.24, 2.45) is 5.92 Å². The van der Waals surface area contributed by atoms with Gasteiger partial charge in [0.25, 0.3) is 5.56 Å². The first-order valence-corrected chi connectivity index (χ1v) is 7.73. The van der Waals surface area contributed by atoms with Gasteiger partial charge in [-0.15, -0.1) is 11.3 Å². The van der Waals surface area contributed by atoms with Gasteiger partial charge in [0.05, 0.1) is 11.7 Å². The molecule has 0 aromatic carbocycles. The fourth-order valence-corrected chi connectivity index (χ4v) is 2.78. The number of carbonyl (C=O) groups excluding carboxylic acids is 1. The van der Waals surface area contributed by atoms with Crippen LogP contribution in [0, 0.1) is 5.92 Å². The van der Waals surface area contributed by atoms with Crippen LogP contribution in [0.2, 0.25) is 0 Å². The molecular formula is C14H19N3O2S. The van der Waals surface area contributed by atoms with Crippen LogP contribution in [0.15, 0.2) is 22.6 Å². The third kappa shape index (κ3) is 3.25. The van der Waals surface area contributed by atoms with Gasteiger partial charge in [-0.25, -0.2) is 4.98 Å². The maximum Gasteiger partial charge on any atom is 0.262 e. The fourth-order valence-electron chi connectivity index (χ4n) is 2.05. The number of carbonyl (C=O) groups is 1. The quantitative estimate of drug-likeness (QED) is 0.886. The van der Waals surface area contributed by atoms with Crippen molar-refractivity contribution in [3.63, 3.8) is 0 Å². The number of nitrogens with zero attached hydrogens (tertiary/aromatic N) is 2. The second-order valence-electron chi connectivity index (χ2n) is 4.80. The van der Waals surface area contributed by atoms with Gasteiger partial charge >= 0.3 is 0 Å². The minimum absolute atomic E-state index is 0.0256. The predicted molar refractivity (Wildman–Crippen MR) is 81.0 cm³/mol. The van der Waals surface area contributed by atoms with E-state index in [1.807, 2.05) is 5.38 Å². The van der Waals surface area contributed by atoms with Gasteiger partial charge in [-0.3, -0.25) is 14.2 Å². The molecule has 0 radical (unpaired) electrons. The summed E-state index contributed by atoms with van der Waals surface area (Å²) in [4.78, 5) is 28.9. The Morgan fingerprint density at radius 1 is 1.45 bits per heavy atom. The second kappa shape index (κ2) is 6.65. The Balaban J connectivity index is 2.03. The molecule has 0 aliphatic carbocycles. The van der Waals surface area contributed by atoms with Gasteiger partial charge in [0.2, 0.25) is 5.91 Å². The first-order valence-electron chi connectivity index (χ1n) is 6.85. The Labute approximate surface area is 121 Å². The predicted octanol–water partition coefficient (Wildman–Crippen LogP) is 2.01. The van der Waals surface area contributed by atoms with Crippen LogP contribution in [0.3, 0.4) is 0 Å². The standard InChI is InChI=1S/C14H19N3O2S/c1-3-10(4-2)7-15-12(18)8-17-9-16-13-11(14(17)19)5-6-20-13/h5-6,9-10H,3-4,7-8H2,1-2H3,(H,15,18). The van der Waals surface area contributed by atoms with Gasteiger partial charge in [-0.1, -0.05) is 26.7 Å². The highest BCUT2D eigenvalue weighted by Gasteiger charge is 2.10.